The summed E-state index contributed by atoms with van der Waals surface area (Å²) in [6.45, 7) is 0.846. The molecule has 19 heavy (non-hydrogen) atoms. The number of nitrogens with two attached hydrogens (primary N) is 1. The Morgan fingerprint density at radius 1 is 1.53 bits per heavy atom. The number of oxime groups is 1. The molecule has 0 atom stereocenters. The lowest BCUT2D eigenvalue weighted by Gasteiger charge is -2.35. The molecule has 1 aromatic carbocycles. The van der Waals surface area contributed by atoms with Gasteiger partial charge in [-0.15, -0.1) is 0 Å². The number of aliphatic hydroxyl groups excluding tert-OH is 1. The number of hydrogen-bond donors (Lipinski definition) is 3. The Labute approximate surface area is 120 Å². The highest BCUT2D eigenvalue weighted by Crippen LogP contribution is 2.31. The van der Waals surface area contributed by atoms with E-state index in [2.05, 4.69) is 26.0 Å². The van der Waals surface area contributed by atoms with Gasteiger partial charge < -0.3 is 20.9 Å². The van der Waals surface area contributed by atoms with Crippen molar-refractivity contribution in [2.75, 3.05) is 18.5 Å². The molecule has 0 saturated heterocycles. The molecular weight excluding hydrogens is 310 g/mol. The van der Waals surface area contributed by atoms with Gasteiger partial charge in [-0.1, -0.05) is 21.1 Å². The molecule has 2 rings (SSSR count). The fraction of sp³-hybridized carbons (Fsp3) is 0.462. The molecule has 1 aliphatic rings. The van der Waals surface area contributed by atoms with Gasteiger partial charge in [-0.3, -0.25) is 0 Å². The standard InChI is InChI=1S/C13H18BrN3O2/c1-17(7-8-4-10(18)5-8)12-6-9(14)2-3-11(12)13(15)16-19/h2-3,6,8,10,18-19H,4-5,7H2,1H3,(H2,15,16). The molecule has 0 amide bonds. The highest BCUT2D eigenvalue weighted by molar-refractivity contribution is 9.10. The van der Waals surface area contributed by atoms with E-state index >= 15 is 0 Å². The van der Waals surface area contributed by atoms with Gasteiger partial charge in [0.15, 0.2) is 5.84 Å². The third kappa shape index (κ3) is 3.19. The first-order valence-electron chi connectivity index (χ1n) is 6.18. The molecule has 1 fully saturated rings. The van der Waals surface area contributed by atoms with Crippen molar-refractivity contribution in [2.45, 2.75) is 18.9 Å². The van der Waals surface area contributed by atoms with Gasteiger partial charge in [0.2, 0.25) is 0 Å². The van der Waals surface area contributed by atoms with E-state index in [9.17, 15) is 5.11 Å². The van der Waals surface area contributed by atoms with E-state index in [-0.39, 0.29) is 11.9 Å². The first-order valence-corrected chi connectivity index (χ1v) is 6.97. The Balaban J connectivity index is 2.19. The Morgan fingerprint density at radius 3 is 2.79 bits per heavy atom. The van der Waals surface area contributed by atoms with Gasteiger partial charge in [-0.2, -0.15) is 0 Å². The molecule has 104 valence electrons. The quantitative estimate of drug-likeness (QED) is 0.340. The van der Waals surface area contributed by atoms with Crippen LogP contribution in [0.25, 0.3) is 0 Å². The van der Waals surface area contributed by atoms with Gasteiger partial charge in [-0.05, 0) is 37.0 Å². The Kier molecular flexibility index (Phi) is 4.31. The van der Waals surface area contributed by atoms with Crippen LogP contribution >= 0.6 is 15.9 Å². The number of anilines is 1. The highest BCUT2D eigenvalue weighted by atomic mass is 79.9. The molecule has 4 N–H and O–H groups in total. The van der Waals surface area contributed by atoms with Crippen molar-refractivity contribution in [3.63, 3.8) is 0 Å². The monoisotopic (exact) mass is 327 g/mol. The summed E-state index contributed by atoms with van der Waals surface area (Å²) >= 11 is 3.43. The average molecular weight is 328 g/mol. The van der Waals surface area contributed by atoms with Crippen LogP contribution in [0.4, 0.5) is 5.69 Å². The number of nitrogens with zero attached hydrogens (tertiary/aromatic N) is 2. The fourth-order valence-electron chi connectivity index (χ4n) is 2.43. The molecule has 5 nitrogen and oxygen atoms in total. The Hall–Kier alpha value is -1.27. The van der Waals surface area contributed by atoms with E-state index in [1.54, 1.807) is 0 Å². The van der Waals surface area contributed by atoms with Crippen LogP contribution < -0.4 is 10.6 Å². The number of aliphatic hydroxyl groups is 1. The van der Waals surface area contributed by atoms with Crippen LogP contribution in [0, 0.1) is 5.92 Å². The summed E-state index contributed by atoms with van der Waals surface area (Å²) in [4.78, 5) is 2.08. The minimum atomic E-state index is -0.149. The second-order valence-corrected chi connectivity index (χ2v) is 5.93. The topological polar surface area (TPSA) is 82.1 Å². The van der Waals surface area contributed by atoms with Crippen LogP contribution in [0.3, 0.4) is 0 Å². The molecule has 6 heteroatoms. The third-order valence-corrected chi connectivity index (χ3v) is 3.99. The maximum atomic E-state index is 9.33. The molecule has 0 spiro atoms. The summed E-state index contributed by atoms with van der Waals surface area (Å²) in [5.74, 6) is 0.599. The van der Waals surface area contributed by atoms with Crippen molar-refractivity contribution in [1.29, 1.82) is 0 Å². The van der Waals surface area contributed by atoms with E-state index in [0.717, 1.165) is 29.5 Å². The van der Waals surface area contributed by atoms with Crippen molar-refractivity contribution in [1.82, 2.24) is 0 Å². The van der Waals surface area contributed by atoms with E-state index in [1.165, 1.54) is 0 Å². The summed E-state index contributed by atoms with van der Waals surface area (Å²) in [7, 11) is 1.97. The third-order valence-electron chi connectivity index (χ3n) is 3.50. The number of amidine groups is 1. The van der Waals surface area contributed by atoms with Crippen molar-refractivity contribution >= 4 is 27.5 Å². The van der Waals surface area contributed by atoms with E-state index < -0.39 is 0 Å². The van der Waals surface area contributed by atoms with Crippen molar-refractivity contribution in [2.24, 2.45) is 16.8 Å². The Morgan fingerprint density at radius 2 is 2.21 bits per heavy atom. The van der Waals surface area contributed by atoms with Crippen LogP contribution in [0.1, 0.15) is 18.4 Å². The van der Waals surface area contributed by atoms with Gasteiger partial charge in [-0.25, -0.2) is 0 Å². The molecule has 1 aliphatic carbocycles. The molecule has 0 unspecified atom stereocenters. The van der Waals surface area contributed by atoms with E-state index in [1.807, 2.05) is 25.2 Å². The smallest absolute Gasteiger partial charge is 0.172 e. The molecule has 0 heterocycles. The second kappa shape index (κ2) is 5.79. The zero-order valence-corrected chi connectivity index (χ0v) is 12.3. The first-order chi connectivity index (χ1) is 9.01. The zero-order chi connectivity index (χ0) is 14.0. The SMILES string of the molecule is CN(CC1CC(O)C1)c1cc(Br)ccc1/C(N)=N/O. The van der Waals surface area contributed by atoms with Gasteiger partial charge in [0.25, 0.3) is 0 Å². The lowest BCUT2D eigenvalue weighted by molar-refractivity contribution is 0.0465. The molecule has 0 aliphatic heterocycles. The summed E-state index contributed by atoms with van der Waals surface area (Å²) in [5.41, 5.74) is 7.31. The maximum absolute atomic E-state index is 9.33. The van der Waals surface area contributed by atoms with Gasteiger partial charge >= 0.3 is 0 Å². The lowest BCUT2D eigenvalue weighted by atomic mass is 9.82. The lowest BCUT2D eigenvalue weighted by Crippen LogP contribution is -2.37. The zero-order valence-electron chi connectivity index (χ0n) is 10.8. The predicted octanol–water partition coefficient (Wildman–Crippen LogP) is 1.75. The van der Waals surface area contributed by atoms with E-state index in [4.69, 9.17) is 10.9 Å². The summed E-state index contributed by atoms with van der Waals surface area (Å²) < 4.78 is 0.942. The van der Waals surface area contributed by atoms with E-state index in [0.29, 0.717) is 11.5 Å². The summed E-state index contributed by atoms with van der Waals surface area (Å²) in [6.07, 6.45) is 1.54. The van der Waals surface area contributed by atoms with Crippen LogP contribution in [0.2, 0.25) is 0 Å². The molecule has 1 aromatic rings. The fourth-order valence-corrected chi connectivity index (χ4v) is 2.78. The molecule has 0 aromatic heterocycles. The van der Waals surface area contributed by atoms with Crippen LogP contribution in [0.5, 0.6) is 0 Å². The Bertz CT molecular complexity index is 487. The predicted molar refractivity (Wildman–Crippen MR) is 78.7 cm³/mol. The number of halogens is 1. The molecular formula is C13H18BrN3O2. The van der Waals surface area contributed by atoms with Gasteiger partial charge in [0.1, 0.15) is 0 Å². The van der Waals surface area contributed by atoms with Crippen LogP contribution in [-0.2, 0) is 0 Å². The molecule has 1 saturated carbocycles. The average Bonchev–Trinajstić information content (AvgIpc) is 2.35. The van der Waals surface area contributed by atoms with Crippen molar-refractivity contribution in [3.8, 4) is 0 Å². The molecule has 0 bridgehead atoms. The summed E-state index contributed by atoms with van der Waals surface area (Å²) in [6, 6.07) is 5.63. The number of benzene rings is 1. The van der Waals surface area contributed by atoms with Gasteiger partial charge in [0, 0.05) is 29.3 Å². The first kappa shape index (κ1) is 14.1. The number of hydrogen-bond acceptors (Lipinski definition) is 4. The molecule has 0 radical (unpaired) electrons. The van der Waals surface area contributed by atoms with Crippen molar-refractivity contribution < 1.29 is 10.3 Å². The minimum Gasteiger partial charge on any atom is -0.409 e. The summed E-state index contributed by atoms with van der Waals surface area (Å²) in [5, 5.41) is 21.2. The largest absolute Gasteiger partial charge is 0.409 e. The van der Waals surface area contributed by atoms with Crippen LogP contribution in [-0.4, -0.2) is 35.8 Å². The maximum Gasteiger partial charge on any atom is 0.172 e. The number of rotatable bonds is 4. The van der Waals surface area contributed by atoms with Crippen molar-refractivity contribution in [3.05, 3.63) is 28.2 Å². The minimum absolute atomic E-state index is 0.1000. The second-order valence-electron chi connectivity index (χ2n) is 5.02. The van der Waals surface area contributed by atoms with Crippen LogP contribution in [0.15, 0.2) is 27.8 Å². The highest BCUT2D eigenvalue weighted by Gasteiger charge is 2.28. The van der Waals surface area contributed by atoms with Gasteiger partial charge in [0.05, 0.1) is 6.10 Å². The normalized spacial score (nSPS) is 23.0.